The number of ether oxygens (including phenoxy) is 1. The van der Waals surface area contributed by atoms with Crippen molar-refractivity contribution in [1.29, 1.82) is 0 Å². The summed E-state index contributed by atoms with van der Waals surface area (Å²) >= 11 is 0. The Hall–Kier alpha value is -2.62. The molecule has 1 N–H and O–H groups in total. The molecule has 4 nitrogen and oxygen atoms in total. The second kappa shape index (κ2) is 9.67. The van der Waals surface area contributed by atoms with Crippen LogP contribution in [0, 0.1) is 24.7 Å². The molecule has 1 atom stereocenters. The van der Waals surface area contributed by atoms with Gasteiger partial charge in [-0.1, -0.05) is 24.3 Å². The first-order valence-electron chi connectivity index (χ1n) is 11.6. The zero-order chi connectivity index (χ0) is 21.8. The van der Waals surface area contributed by atoms with Crippen LogP contribution in [0.1, 0.15) is 66.4 Å². The predicted molar refractivity (Wildman–Crippen MR) is 124 cm³/mol. The van der Waals surface area contributed by atoms with E-state index in [9.17, 15) is 9.59 Å². The third-order valence-electron chi connectivity index (χ3n) is 7.20. The Kier molecular flexibility index (Phi) is 6.74. The number of amides is 1. The molecule has 0 aliphatic heterocycles. The Morgan fingerprint density at radius 2 is 1.84 bits per heavy atom. The first-order valence-corrected chi connectivity index (χ1v) is 11.6. The van der Waals surface area contributed by atoms with Crippen molar-refractivity contribution in [3.8, 4) is 5.75 Å². The highest BCUT2D eigenvalue weighted by molar-refractivity contribution is 5.99. The Morgan fingerprint density at radius 3 is 2.61 bits per heavy atom. The van der Waals surface area contributed by atoms with E-state index in [0.29, 0.717) is 11.7 Å². The van der Waals surface area contributed by atoms with Gasteiger partial charge in [0.15, 0.2) is 5.78 Å². The van der Waals surface area contributed by atoms with Gasteiger partial charge in [-0.15, -0.1) is 0 Å². The van der Waals surface area contributed by atoms with Crippen LogP contribution in [0.2, 0.25) is 0 Å². The van der Waals surface area contributed by atoms with Gasteiger partial charge in [0, 0.05) is 29.2 Å². The lowest BCUT2D eigenvalue weighted by atomic mass is 9.76. The molecule has 2 aromatic carbocycles. The molecule has 2 aromatic rings. The van der Waals surface area contributed by atoms with Crippen LogP contribution in [0.3, 0.4) is 0 Å². The molecule has 0 heterocycles. The highest BCUT2D eigenvalue weighted by Gasteiger charge is 2.32. The van der Waals surface area contributed by atoms with Crippen molar-refractivity contribution in [1.82, 2.24) is 0 Å². The lowest BCUT2D eigenvalue weighted by molar-refractivity contribution is -0.121. The average Bonchev–Trinajstić information content (AvgIpc) is 2.94. The fourth-order valence-corrected chi connectivity index (χ4v) is 5.37. The van der Waals surface area contributed by atoms with Crippen molar-refractivity contribution in [2.75, 3.05) is 12.4 Å². The van der Waals surface area contributed by atoms with Crippen LogP contribution in [-0.2, 0) is 11.2 Å². The monoisotopic (exact) mass is 419 g/mol. The summed E-state index contributed by atoms with van der Waals surface area (Å²) in [7, 11) is 1.63. The topological polar surface area (TPSA) is 55.4 Å². The van der Waals surface area contributed by atoms with Crippen molar-refractivity contribution in [2.24, 2.45) is 17.8 Å². The van der Waals surface area contributed by atoms with Crippen molar-refractivity contribution in [3.05, 3.63) is 59.2 Å². The van der Waals surface area contributed by atoms with Gasteiger partial charge in [0.05, 0.1) is 7.11 Å². The quantitative estimate of drug-likeness (QED) is 0.607. The molecule has 31 heavy (non-hydrogen) atoms. The maximum atomic E-state index is 13.2. The molecule has 1 unspecified atom stereocenters. The van der Waals surface area contributed by atoms with Crippen LogP contribution in [0.5, 0.6) is 5.75 Å². The molecule has 4 heteroatoms. The molecule has 0 bridgehead atoms. The van der Waals surface area contributed by atoms with Crippen LogP contribution >= 0.6 is 0 Å². The summed E-state index contributed by atoms with van der Waals surface area (Å²) in [4.78, 5) is 25.9. The smallest absolute Gasteiger partial charge is 0.227 e. The summed E-state index contributed by atoms with van der Waals surface area (Å²) < 4.78 is 5.24. The lowest BCUT2D eigenvalue weighted by Gasteiger charge is -2.30. The van der Waals surface area contributed by atoms with E-state index in [1.54, 1.807) is 7.11 Å². The number of methoxy groups -OCH3 is 1. The van der Waals surface area contributed by atoms with Crippen LogP contribution < -0.4 is 10.1 Å². The minimum Gasteiger partial charge on any atom is -0.497 e. The second-order valence-electron chi connectivity index (χ2n) is 9.23. The summed E-state index contributed by atoms with van der Waals surface area (Å²) in [6.07, 6.45) is 7.92. The van der Waals surface area contributed by atoms with Crippen molar-refractivity contribution in [2.45, 2.75) is 58.3 Å². The number of rotatable bonds is 5. The largest absolute Gasteiger partial charge is 0.497 e. The number of benzene rings is 2. The zero-order valence-corrected chi connectivity index (χ0v) is 18.7. The molecule has 1 fully saturated rings. The number of Topliss-reactive ketones (excluding diaryl/α,β-unsaturated/α-hetero) is 1. The maximum absolute atomic E-state index is 13.2. The molecule has 1 saturated carbocycles. The number of nitrogens with one attached hydrogen (secondary N) is 1. The fraction of sp³-hybridized carbons (Fsp3) is 0.481. The lowest BCUT2D eigenvalue weighted by Crippen LogP contribution is -2.28. The summed E-state index contributed by atoms with van der Waals surface area (Å²) in [5, 5.41) is 3.04. The summed E-state index contributed by atoms with van der Waals surface area (Å²) in [6.45, 7) is 2.12. The van der Waals surface area contributed by atoms with Gasteiger partial charge in [-0.05, 0) is 87.5 Å². The average molecular weight is 420 g/mol. The van der Waals surface area contributed by atoms with E-state index >= 15 is 0 Å². The van der Waals surface area contributed by atoms with Gasteiger partial charge in [0.25, 0.3) is 0 Å². The van der Waals surface area contributed by atoms with Gasteiger partial charge >= 0.3 is 0 Å². The number of anilines is 1. The number of hydrogen-bond donors (Lipinski definition) is 1. The molecule has 0 saturated heterocycles. The standard InChI is InChI=1S/C27H33NO3/c1-18-6-3-11-25-24(18)10-4-7-21(26(25)29)16-19-12-14-20(15-13-19)27(30)28-22-8-5-9-23(17-22)31-2/h3,5-6,8-9,11,17,19-21H,4,7,10,12-16H2,1-2H3,(H,28,30). The van der Waals surface area contributed by atoms with Crippen LogP contribution in [0.15, 0.2) is 42.5 Å². The van der Waals surface area contributed by atoms with Crippen molar-refractivity contribution in [3.63, 3.8) is 0 Å². The summed E-state index contributed by atoms with van der Waals surface area (Å²) in [5.74, 6) is 1.91. The normalized spacial score (nSPS) is 23.5. The van der Waals surface area contributed by atoms with Crippen LogP contribution in [0.4, 0.5) is 5.69 Å². The molecule has 4 rings (SSSR count). The minimum absolute atomic E-state index is 0.0515. The van der Waals surface area contributed by atoms with E-state index in [-0.39, 0.29) is 17.7 Å². The van der Waals surface area contributed by atoms with Gasteiger partial charge in [-0.3, -0.25) is 9.59 Å². The number of ketones is 1. The molecule has 1 amide bonds. The molecule has 0 spiro atoms. The Morgan fingerprint density at radius 1 is 1.06 bits per heavy atom. The van der Waals surface area contributed by atoms with Crippen LogP contribution in [0.25, 0.3) is 0 Å². The van der Waals surface area contributed by atoms with E-state index in [2.05, 4.69) is 18.3 Å². The molecular weight excluding hydrogens is 386 g/mol. The van der Waals surface area contributed by atoms with E-state index in [1.165, 1.54) is 11.1 Å². The van der Waals surface area contributed by atoms with Gasteiger partial charge in [0.1, 0.15) is 5.75 Å². The fourth-order valence-electron chi connectivity index (χ4n) is 5.37. The van der Waals surface area contributed by atoms with Gasteiger partial charge in [-0.25, -0.2) is 0 Å². The minimum atomic E-state index is 0.0515. The van der Waals surface area contributed by atoms with Gasteiger partial charge in [0.2, 0.25) is 5.91 Å². The Balaban J connectivity index is 1.32. The molecular formula is C27H33NO3. The number of carbonyl (C=O) groups excluding carboxylic acids is 2. The molecule has 164 valence electrons. The SMILES string of the molecule is COc1cccc(NC(=O)C2CCC(CC3CCCc4c(C)cccc4C3=O)CC2)c1. The van der Waals surface area contributed by atoms with Gasteiger partial charge < -0.3 is 10.1 Å². The molecule has 0 aromatic heterocycles. The predicted octanol–water partition coefficient (Wildman–Crippen LogP) is 5.97. The van der Waals surface area contributed by atoms with Crippen LogP contribution in [-0.4, -0.2) is 18.8 Å². The third-order valence-corrected chi connectivity index (χ3v) is 7.20. The number of fused-ring (bicyclic) bond motifs is 1. The third kappa shape index (κ3) is 5.00. The van der Waals surface area contributed by atoms with Crippen molar-refractivity contribution >= 4 is 17.4 Å². The van der Waals surface area contributed by atoms with E-state index in [0.717, 1.165) is 68.4 Å². The summed E-state index contributed by atoms with van der Waals surface area (Å²) in [6, 6.07) is 13.6. The maximum Gasteiger partial charge on any atom is 0.227 e. The zero-order valence-electron chi connectivity index (χ0n) is 18.7. The first-order chi connectivity index (χ1) is 15.0. The van der Waals surface area contributed by atoms with E-state index in [1.807, 2.05) is 36.4 Å². The highest BCUT2D eigenvalue weighted by Crippen LogP contribution is 2.37. The number of hydrogen-bond acceptors (Lipinski definition) is 3. The highest BCUT2D eigenvalue weighted by atomic mass is 16.5. The van der Waals surface area contributed by atoms with Gasteiger partial charge in [-0.2, -0.15) is 0 Å². The number of carbonyl (C=O) groups is 2. The molecule has 0 radical (unpaired) electrons. The summed E-state index contributed by atoms with van der Waals surface area (Å²) in [5.41, 5.74) is 4.24. The van der Waals surface area contributed by atoms with E-state index < -0.39 is 0 Å². The Labute approximate surface area is 185 Å². The van der Waals surface area contributed by atoms with E-state index in [4.69, 9.17) is 4.74 Å². The van der Waals surface area contributed by atoms with Crippen molar-refractivity contribution < 1.29 is 14.3 Å². The number of aryl methyl sites for hydroxylation is 1. The Bertz CT molecular complexity index is 943. The first kappa shape index (κ1) is 21.6. The second-order valence-corrected chi connectivity index (χ2v) is 9.23. The molecule has 2 aliphatic rings. The molecule has 2 aliphatic carbocycles.